The van der Waals surface area contributed by atoms with E-state index in [0.717, 1.165) is 17.2 Å². The van der Waals surface area contributed by atoms with Crippen LogP contribution in [0.3, 0.4) is 0 Å². The van der Waals surface area contributed by atoms with Crippen molar-refractivity contribution in [2.24, 2.45) is 11.8 Å². The quantitative estimate of drug-likeness (QED) is 0.420. The predicted octanol–water partition coefficient (Wildman–Crippen LogP) is 3.30. The summed E-state index contributed by atoms with van der Waals surface area (Å²) in [7, 11) is 1.28. The zero-order valence-corrected chi connectivity index (χ0v) is 17.6. The number of carbonyl (C=O) groups is 1. The van der Waals surface area contributed by atoms with E-state index in [1.807, 2.05) is 20.8 Å². The van der Waals surface area contributed by atoms with Gasteiger partial charge in [0.1, 0.15) is 25.9 Å². The molecule has 1 aromatic heterocycles. The summed E-state index contributed by atoms with van der Waals surface area (Å²) in [6.07, 6.45) is -2.24. The van der Waals surface area contributed by atoms with Gasteiger partial charge in [0.25, 0.3) is 0 Å². The number of rotatable bonds is 4. The Labute approximate surface area is 178 Å². The van der Waals surface area contributed by atoms with Gasteiger partial charge in [-0.3, -0.25) is 4.79 Å². The topological polar surface area (TPSA) is 48.4 Å². The molecule has 0 saturated heterocycles. The average Bonchev–Trinajstić information content (AvgIpc) is 3.22. The Bertz CT molecular complexity index is 1050. The molecule has 0 radical (unpaired) electrons. The van der Waals surface area contributed by atoms with Crippen LogP contribution in [0.2, 0.25) is 0 Å². The van der Waals surface area contributed by atoms with Crippen molar-refractivity contribution in [1.29, 1.82) is 0 Å². The molecule has 1 heterocycles. The van der Waals surface area contributed by atoms with Crippen LogP contribution in [-0.2, 0) is 28.7 Å². The molecule has 3 atom stereocenters. The van der Waals surface area contributed by atoms with Crippen molar-refractivity contribution >= 4 is 19.3 Å². The minimum absolute atomic E-state index is 0.0284. The zero-order chi connectivity index (χ0) is 22.7. The van der Waals surface area contributed by atoms with E-state index < -0.39 is 23.2 Å². The Hall–Kier alpha value is -2.58. The number of carbonyl (C=O) groups excluding carboxylic acids is 1. The summed E-state index contributed by atoms with van der Waals surface area (Å²) < 4.78 is 63.8. The van der Waals surface area contributed by atoms with E-state index in [2.05, 4.69) is 4.98 Å². The highest BCUT2D eigenvalue weighted by atomic mass is 19.4. The molecule has 0 spiro atoms. The monoisotopic (exact) mass is 435 g/mol. The molecule has 1 aromatic carbocycles. The first-order valence-electron chi connectivity index (χ1n) is 10.1. The van der Waals surface area contributed by atoms with Crippen molar-refractivity contribution in [3.63, 3.8) is 0 Å². The lowest BCUT2D eigenvalue weighted by Gasteiger charge is -2.20. The second kappa shape index (κ2) is 7.24. The molecule has 0 amide bonds. The lowest BCUT2D eigenvalue weighted by Crippen LogP contribution is -2.26. The van der Waals surface area contributed by atoms with Gasteiger partial charge < -0.3 is 9.47 Å². The zero-order valence-electron chi connectivity index (χ0n) is 17.6. The molecular formula is C22H22BF4NO3. The third-order valence-corrected chi connectivity index (χ3v) is 5.74. The van der Waals surface area contributed by atoms with Gasteiger partial charge in [-0.2, -0.15) is 13.2 Å². The molecule has 4 nitrogen and oxygen atoms in total. The van der Waals surface area contributed by atoms with Crippen LogP contribution in [-0.4, -0.2) is 24.4 Å². The molecule has 164 valence electrons. The molecule has 0 aliphatic heterocycles. The van der Waals surface area contributed by atoms with Crippen LogP contribution in [0.15, 0.2) is 24.4 Å². The van der Waals surface area contributed by atoms with Crippen molar-refractivity contribution in [3.05, 3.63) is 52.5 Å². The molecule has 2 aliphatic carbocycles. The molecule has 0 bridgehead atoms. The van der Waals surface area contributed by atoms with Crippen LogP contribution in [0.4, 0.5) is 17.6 Å². The number of pyridine rings is 1. The van der Waals surface area contributed by atoms with E-state index in [1.54, 1.807) is 12.3 Å². The molecule has 0 unspecified atom stereocenters. The summed E-state index contributed by atoms with van der Waals surface area (Å²) in [4.78, 5) is 16.6. The van der Waals surface area contributed by atoms with Crippen LogP contribution in [0.25, 0.3) is 0 Å². The van der Waals surface area contributed by atoms with Crippen molar-refractivity contribution in [1.82, 2.24) is 4.98 Å². The fourth-order valence-electron chi connectivity index (χ4n) is 4.35. The SMILES string of the molecule is Bc1cc(COc2cc3c(cn2)[C@H]2[C@@H](C3)[C@@H]2C(=O)OC(C)(C)C)c(F)cc1C(F)(F)F. The smallest absolute Gasteiger partial charge is 0.415 e. The third kappa shape index (κ3) is 4.27. The van der Waals surface area contributed by atoms with E-state index >= 15 is 0 Å². The van der Waals surface area contributed by atoms with Gasteiger partial charge in [0.2, 0.25) is 5.88 Å². The van der Waals surface area contributed by atoms with Gasteiger partial charge in [-0.05, 0) is 50.3 Å². The molecule has 31 heavy (non-hydrogen) atoms. The van der Waals surface area contributed by atoms with Gasteiger partial charge in [-0.25, -0.2) is 9.37 Å². The molecule has 2 aliphatic rings. The number of esters is 1. The predicted molar refractivity (Wildman–Crippen MR) is 107 cm³/mol. The Balaban J connectivity index is 1.42. The summed E-state index contributed by atoms with van der Waals surface area (Å²) in [6.45, 7) is 5.28. The molecule has 1 fully saturated rings. The Morgan fingerprint density at radius 1 is 1.23 bits per heavy atom. The van der Waals surface area contributed by atoms with E-state index in [0.29, 0.717) is 12.5 Å². The number of alkyl halides is 3. The van der Waals surface area contributed by atoms with E-state index in [-0.39, 0.29) is 47.2 Å². The molecule has 1 saturated carbocycles. The summed E-state index contributed by atoms with van der Waals surface area (Å²) in [5.41, 5.74) is 0.443. The lowest BCUT2D eigenvalue weighted by molar-refractivity contribution is -0.157. The van der Waals surface area contributed by atoms with Gasteiger partial charge in [-0.1, -0.05) is 11.5 Å². The number of nitrogens with zero attached hydrogens (tertiary/aromatic N) is 1. The summed E-state index contributed by atoms with van der Waals surface area (Å²) in [5.74, 6) is -0.754. The van der Waals surface area contributed by atoms with Crippen LogP contribution in [0.1, 0.15) is 48.9 Å². The maximum Gasteiger partial charge on any atom is 0.415 e. The lowest BCUT2D eigenvalue weighted by atomic mass is 9.88. The maximum atomic E-state index is 14.1. The number of ether oxygens (including phenoxy) is 2. The van der Waals surface area contributed by atoms with Gasteiger partial charge in [-0.15, -0.1) is 0 Å². The Kier molecular flexibility index (Phi) is 5.06. The number of fused-ring (bicyclic) bond motifs is 3. The average molecular weight is 435 g/mol. The van der Waals surface area contributed by atoms with Crippen molar-refractivity contribution in [2.75, 3.05) is 0 Å². The van der Waals surface area contributed by atoms with Crippen LogP contribution in [0.5, 0.6) is 5.88 Å². The van der Waals surface area contributed by atoms with Crippen molar-refractivity contribution in [2.45, 2.75) is 51.5 Å². The van der Waals surface area contributed by atoms with E-state index in [1.165, 1.54) is 7.85 Å². The highest BCUT2D eigenvalue weighted by molar-refractivity contribution is 6.33. The molecule has 2 aromatic rings. The number of benzene rings is 1. The third-order valence-electron chi connectivity index (χ3n) is 5.74. The van der Waals surface area contributed by atoms with Crippen molar-refractivity contribution < 1.29 is 31.8 Å². The van der Waals surface area contributed by atoms with Gasteiger partial charge in [0.05, 0.1) is 11.5 Å². The highest BCUT2D eigenvalue weighted by Gasteiger charge is 2.60. The Morgan fingerprint density at radius 2 is 1.94 bits per heavy atom. The first kappa shape index (κ1) is 21.6. The second-order valence-corrected chi connectivity index (χ2v) is 9.22. The number of halogens is 4. The second-order valence-electron chi connectivity index (χ2n) is 9.22. The summed E-state index contributed by atoms with van der Waals surface area (Å²) in [6, 6.07) is 3.39. The van der Waals surface area contributed by atoms with Crippen LogP contribution < -0.4 is 10.2 Å². The molecule has 9 heteroatoms. The highest BCUT2D eigenvalue weighted by Crippen LogP contribution is 2.62. The van der Waals surface area contributed by atoms with Gasteiger partial charge >= 0.3 is 12.1 Å². The first-order valence-corrected chi connectivity index (χ1v) is 10.1. The van der Waals surface area contributed by atoms with Crippen LogP contribution in [0, 0.1) is 17.7 Å². The maximum absolute atomic E-state index is 14.1. The van der Waals surface area contributed by atoms with Crippen molar-refractivity contribution in [3.8, 4) is 5.88 Å². The number of aromatic nitrogens is 1. The largest absolute Gasteiger partial charge is 0.473 e. The first-order chi connectivity index (χ1) is 14.3. The standard InChI is InChI=1S/C22H22BF4NO3/c1-21(2,3)31-20(29)19-12-4-10-6-17(28-8-13(10)18(12)19)30-9-11-5-15(23)14(7-16(11)24)22(25,26)27/h5-8,12,18-19H,4,9,23H2,1-3H3/t12-,18-,19+/m1/s1. The summed E-state index contributed by atoms with van der Waals surface area (Å²) >= 11 is 0. The minimum atomic E-state index is -4.61. The fourth-order valence-corrected chi connectivity index (χ4v) is 4.35. The normalized spacial score (nSPS) is 22.0. The summed E-state index contributed by atoms with van der Waals surface area (Å²) in [5, 5.41) is 0. The van der Waals surface area contributed by atoms with Gasteiger partial charge in [0.15, 0.2) is 0 Å². The fraction of sp³-hybridized carbons (Fsp3) is 0.455. The molecular weight excluding hydrogens is 413 g/mol. The molecule has 4 rings (SSSR count). The van der Waals surface area contributed by atoms with E-state index in [9.17, 15) is 22.4 Å². The minimum Gasteiger partial charge on any atom is -0.473 e. The number of hydrogen-bond acceptors (Lipinski definition) is 4. The molecule has 0 N–H and O–H groups in total. The number of hydrogen-bond donors (Lipinski definition) is 0. The van der Waals surface area contributed by atoms with Crippen LogP contribution >= 0.6 is 0 Å². The van der Waals surface area contributed by atoms with Gasteiger partial charge in [0, 0.05) is 23.7 Å². The Morgan fingerprint density at radius 3 is 2.58 bits per heavy atom. The van der Waals surface area contributed by atoms with E-state index in [4.69, 9.17) is 9.47 Å².